The van der Waals surface area contributed by atoms with Crippen molar-refractivity contribution in [1.82, 2.24) is 4.57 Å². The molecule has 1 aliphatic rings. The van der Waals surface area contributed by atoms with E-state index in [0.717, 1.165) is 41.8 Å². The van der Waals surface area contributed by atoms with Crippen LogP contribution < -0.4 is 19.1 Å². The molecule has 2 heterocycles. The van der Waals surface area contributed by atoms with Crippen molar-refractivity contribution in [2.45, 2.75) is 57.4 Å². The van der Waals surface area contributed by atoms with Crippen molar-refractivity contribution in [3.05, 3.63) is 131 Å². The van der Waals surface area contributed by atoms with Crippen LogP contribution in [0.25, 0.3) is 6.08 Å². The van der Waals surface area contributed by atoms with Crippen molar-refractivity contribution in [3.8, 4) is 5.75 Å². The number of nitro groups is 1. The Balaban J connectivity index is 1.53. The average Bonchev–Trinajstić information content (AvgIpc) is 3.35. The number of thiazole rings is 1. The number of hydrogen-bond donors (Lipinski definition) is 0. The summed E-state index contributed by atoms with van der Waals surface area (Å²) in [6.45, 7) is 8.11. The molecule has 0 saturated carbocycles. The predicted octanol–water partition coefficient (Wildman–Crippen LogP) is 5.38. The largest absolute Gasteiger partial charge is 0.463 e. The van der Waals surface area contributed by atoms with E-state index in [0.29, 0.717) is 38.5 Å². The SMILES string of the molecule is CCCC1=C(C(=O)OCC)[C@H](c2ccc(C(C)C)cc2)n2c(s/c(=C\c3ccc(OS(=O)(=O)c4ccc([N+](=O)[O-])cc4)cc3)c2=O)=N1. The lowest BCUT2D eigenvalue weighted by Gasteiger charge is -2.26. The number of non-ortho nitro benzene ring substituents is 1. The third-order valence-corrected chi connectivity index (χ3v) is 9.78. The van der Waals surface area contributed by atoms with Crippen molar-refractivity contribution in [2.24, 2.45) is 4.99 Å². The Morgan fingerprint density at radius 2 is 1.70 bits per heavy atom. The van der Waals surface area contributed by atoms with Gasteiger partial charge < -0.3 is 8.92 Å². The van der Waals surface area contributed by atoms with Crippen LogP contribution in [0, 0.1) is 10.1 Å². The first-order chi connectivity index (χ1) is 22.4. The van der Waals surface area contributed by atoms with Crippen molar-refractivity contribution in [3.63, 3.8) is 0 Å². The molecular formula is C34H33N3O8S2. The second-order valence-corrected chi connectivity index (χ2v) is 13.6. The summed E-state index contributed by atoms with van der Waals surface area (Å²) in [6, 6.07) is 17.6. The predicted molar refractivity (Wildman–Crippen MR) is 178 cm³/mol. The number of nitrogens with zero attached hydrogens (tertiary/aromatic N) is 3. The van der Waals surface area contributed by atoms with Gasteiger partial charge in [0.2, 0.25) is 0 Å². The smallest absolute Gasteiger partial charge is 0.339 e. The van der Waals surface area contributed by atoms with Gasteiger partial charge in [-0.25, -0.2) is 9.79 Å². The standard InChI is InChI=1S/C34H33N3O8S2/c1-5-7-28-30(33(39)44-6-2)31(24-12-10-23(11-13-24)21(3)4)36-32(38)29(46-34(36)35-28)20-22-8-16-26(17-9-22)45-47(42,43)27-18-14-25(15-19-27)37(40)41/h8-21,31H,5-7H2,1-4H3/b29-20-/t31-/m0/s1. The van der Waals surface area contributed by atoms with Gasteiger partial charge in [-0.2, -0.15) is 8.42 Å². The summed E-state index contributed by atoms with van der Waals surface area (Å²) in [6.07, 6.45) is 2.94. The van der Waals surface area contributed by atoms with Crippen LogP contribution in [0.3, 0.4) is 0 Å². The molecule has 4 aromatic rings. The number of rotatable bonds is 11. The van der Waals surface area contributed by atoms with Crippen molar-refractivity contribution >= 4 is 39.2 Å². The average molecular weight is 676 g/mol. The van der Waals surface area contributed by atoms with Gasteiger partial charge in [0.25, 0.3) is 11.2 Å². The topological polar surface area (TPSA) is 147 Å². The fourth-order valence-corrected chi connectivity index (χ4v) is 7.13. The fraction of sp³-hybridized carbons (Fsp3) is 0.265. The lowest BCUT2D eigenvalue weighted by molar-refractivity contribution is -0.384. The molecule has 0 unspecified atom stereocenters. The zero-order valence-corrected chi connectivity index (χ0v) is 27.8. The Morgan fingerprint density at radius 1 is 1.04 bits per heavy atom. The molecular weight excluding hydrogens is 643 g/mol. The molecule has 0 aliphatic carbocycles. The molecule has 0 amide bonds. The van der Waals surface area contributed by atoms with Gasteiger partial charge in [0.15, 0.2) is 4.80 Å². The van der Waals surface area contributed by atoms with Crippen molar-refractivity contribution in [2.75, 3.05) is 6.61 Å². The molecule has 0 spiro atoms. The maximum Gasteiger partial charge on any atom is 0.339 e. The molecule has 13 heteroatoms. The van der Waals surface area contributed by atoms with Crippen LogP contribution in [0.15, 0.2) is 98.7 Å². The minimum Gasteiger partial charge on any atom is -0.463 e. The minimum absolute atomic E-state index is 0.0232. The summed E-state index contributed by atoms with van der Waals surface area (Å²) >= 11 is 1.20. The molecule has 0 N–H and O–H groups in total. The van der Waals surface area contributed by atoms with E-state index in [1.807, 2.05) is 31.2 Å². The molecule has 1 atom stereocenters. The monoisotopic (exact) mass is 675 g/mol. The maximum absolute atomic E-state index is 14.0. The van der Waals surface area contributed by atoms with E-state index in [1.165, 1.54) is 23.5 Å². The highest BCUT2D eigenvalue weighted by Crippen LogP contribution is 2.33. The van der Waals surface area contributed by atoms with Crippen LogP contribution in [0.2, 0.25) is 0 Å². The molecule has 0 saturated heterocycles. The number of carbonyl (C=O) groups is 1. The second-order valence-electron chi connectivity index (χ2n) is 11.1. The third kappa shape index (κ3) is 7.10. The van der Waals surface area contributed by atoms with Gasteiger partial charge in [-0.15, -0.1) is 0 Å². The molecule has 1 aromatic heterocycles. The van der Waals surface area contributed by atoms with Crippen LogP contribution in [0.4, 0.5) is 5.69 Å². The first-order valence-electron chi connectivity index (χ1n) is 15.0. The molecule has 11 nitrogen and oxygen atoms in total. The van der Waals surface area contributed by atoms with E-state index in [-0.39, 0.29) is 28.5 Å². The van der Waals surface area contributed by atoms with E-state index in [9.17, 15) is 28.1 Å². The number of aromatic nitrogens is 1. The number of carbonyl (C=O) groups excluding carboxylic acids is 1. The van der Waals surface area contributed by atoms with Gasteiger partial charge in [-0.1, -0.05) is 74.9 Å². The molecule has 0 radical (unpaired) electrons. The zero-order valence-electron chi connectivity index (χ0n) is 26.2. The molecule has 47 heavy (non-hydrogen) atoms. The number of allylic oxidation sites excluding steroid dienone is 1. The van der Waals surface area contributed by atoms with Gasteiger partial charge in [-0.3, -0.25) is 19.5 Å². The molecule has 1 aliphatic heterocycles. The Hall–Kier alpha value is -4.88. The summed E-state index contributed by atoms with van der Waals surface area (Å²) in [7, 11) is -4.24. The van der Waals surface area contributed by atoms with E-state index >= 15 is 0 Å². The lowest BCUT2D eigenvalue weighted by Crippen LogP contribution is -2.40. The summed E-state index contributed by atoms with van der Waals surface area (Å²) in [5.41, 5.74) is 2.87. The van der Waals surface area contributed by atoms with Crippen LogP contribution in [-0.4, -0.2) is 30.5 Å². The summed E-state index contributed by atoms with van der Waals surface area (Å²) in [5.74, 6) is -0.178. The molecule has 5 rings (SSSR count). The Bertz CT molecular complexity index is 2130. The summed E-state index contributed by atoms with van der Waals surface area (Å²) < 4.78 is 38.0. The van der Waals surface area contributed by atoms with Crippen molar-refractivity contribution < 1.29 is 27.1 Å². The Kier molecular flexibility index (Phi) is 9.87. The third-order valence-electron chi connectivity index (χ3n) is 7.53. The van der Waals surface area contributed by atoms with Crippen LogP contribution in [0.5, 0.6) is 5.75 Å². The van der Waals surface area contributed by atoms with E-state index in [4.69, 9.17) is 13.9 Å². The van der Waals surface area contributed by atoms with E-state index < -0.39 is 27.1 Å². The number of benzene rings is 3. The number of hydrogen-bond acceptors (Lipinski definition) is 10. The summed E-state index contributed by atoms with van der Waals surface area (Å²) in [5, 5.41) is 10.9. The van der Waals surface area contributed by atoms with Crippen LogP contribution >= 0.6 is 11.3 Å². The normalized spacial score (nSPS) is 14.9. The zero-order chi connectivity index (χ0) is 33.9. The molecule has 3 aromatic carbocycles. The van der Waals surface area contributed by atoms with Crippen molar-refractivity contribution in [1.29, 1.82) is 0 Å². The summed E-state index contributed by atoms with van der Waals surface area (Å²) in [4.78, 5) is 42.7. The second kappa shape index (κ2) is 13.9. The first-order valence-corrected chi connectivity index (χ1v) is 17.3. The first kappa shape index (κ1) is 33.5. The highest BCUT2D eigenvalue weighted by molar-refractivity contribution is 7.87. The van der Waals surface area contributed by atoms with E-state index in [1.54, 1.807) is 29.7 Å². The number of ether oxygens (including phenoxy) is 1. The van der Waals surface area contributed by atoms with Gasteiger partial charge in [0.05, 0.1) is 33.4 Å². The van der Waals surface area contributed by atoms with E-state index in [2.05, 4.69) is 13.8 Å². The Morgan fingerprint density at radius 3 is 2.28 bits per heavy atom. The maximum atomic E-state index is 14.0. The van der Waals surface area contributed by atoms with Gasteiger partial charge in [0, 0.05) is 12.1 Å². The quantitative estimate of drug-likeness (QED) is 0.0892. The molecule has 0 bridgehead atoms. The molecule has 244 valence electrons. The van der Waals surface area contributed by atoms with Gasteiger partial charge >= 0.3 is 16.1 Å². The van der Waals surface area contributed by atoms with Crippen LogP contribution in [-0.2, 0) is 19.6 Å². The van der Waals surface area contributed by atoms with Crippen LogP contribution in [0.1, 0.15) is 69.2 Å². The lowest BCUT2D eigenvalue weighted by atomic mass is 9.92. The van der Waals surface area contributed by atoms with Gasteiger partial charge in [0.1, 0.15) is 10.6 Å². The number of fused-ring (bicyclic) bond motifs is 1. The number of nitro benzene ring substituents is 1. The Labute approximate surface area is 275 Å². The highest BCUT2D eigenvalue weighted by atomic mass is 32.2. The van der Waals surface area contributed by atoms with Gasteiger partial charge in [-0.05, 0) is 66.3 Å². The molecule has 0 fully saturated rings. The highest BCUT2D eigenvalue weighted by Gasteiger charge is 2.34. The fourth-order valence-electron chi connectivity index (χ4n) is 5.18. The number of esters is 1. The minimum atomic E-state index is -4.24.